The van der Waals surface area contributed by atoms with Crippen LogP contribution in [0.5, 0.6) is 0 Å². The molecule has 3 aromatic rings. The Labute approximate surface area is 137 Å². The van der Waals surface area contributed by atoms with Gasteiger partial charge in [0.1, 0.15) is 0 Å². The predicted octanol–water partition coefficient (Wildman–Crippen LogP) is 4.07. The Kier molecular flexibility index (Phi) is 4.04. The quantitative estimate of drug-likeness (QED) is 0.546. The second kappa shape index (κ2) is 6.16. The number of aromatic nitrogens is 1. The van der Waals surface area contributed by atoms with Crippen molar-refractivity contribution in [3.63, 3.8) is 0 Å². The van der Waals surface area contributed by atoms with E-state index >= 15 is 0 Å². The standard InChI is InChI=1S/C18H16N2O4/c1-11-13(8-10-16(21)22)17-15(20(23)24)9-7-14(18(17)19-11)12-5-3-2-4-6-12/h2-7,9,19H,8,10H2,1H3,(H,21,22). The van der Waals surface area contributed by atoms with Gasteiger partial charge in [0.15, 0.2) is 0 Å². The fourth-order valence-electron chi connectivity index (χ4n) is 3.03. The molecule has 0 aliphatic rings. The average Bonchev–Trinajstić information content (AvgIpc) is 2.88. The molecule has 0 aliphatic carbocycles. The summed E-state index contributed by atoms with van der Waals surface area (Å²) < 4.78 is 0. The van der Waals surface area contributed by atoms with Gasteiger partial charge in [0.2, 0.25) is 0 Å². The van der Waals surface area contributed by atoms with Crippen molar-refractivity contribution in [2.45, 2.75) is 19.8 Å². The second-order valence-corrected chi connectivity index (χ2v) is 5.63. The Hall–Kier alpha value is -3.15. The minimum Gasteiger partial charge on any atom is -0.481 e. The van der Waals surface area contributed by atoms with E-state index in [0.29, 0.717) is 16.5 Å². The zero-order valence-electron chi connectivity index (χ0n) is 13.1. The molecule has 0 fully saturated rings. The van der Waals surface area contributed by atoms with Gasteiger partial charge in [-0.25, -0.2) is 0 Å². The first-order valence-electron chi connectivity index (χ1n) is 7.54. The molecule has 2 N–H and O–H groups in total. The molecule has 2 aromatic carbocycles. The van der Waals surface area contributed by atoms with Crippen molar-refractivity contribution < 1.29 is 14.8 Å². The Balaban J connectivity index is 2.28. The van der Waals surface area contributed by atoms with Gasteiger partial charge < -0.3 is 10.1 Å². The van der Waals surface area contributed by atoms with E-state index < -0.39 is 10.9 Å². The molecule has 0 atom stereocenters. The van der Waals surface area contributed by atoms with Crippen LogP contribution in [0.4, 0.5) is 5.69 Å². The molecule has 6 nitrogen and oxygen atoms in total. The molecule has 0 amide bonds. The van der Waals surface area contributed by atoms with E-state index in [9.17, 15) is 14.9 Å². The van der Waals surface area contributed by atoms with Gasteiger partial charge in [-0.1, -0.05) is 30.3 Å². The van der Waals surface area contributed by atoms with E-state index in [2.05, 4.69) is 4.98 Å². The summed E-state index contributed by atoms with van der Waals surface area (Å²) in [5.41, 5.74) is 3.93. The first kappa shape index (κ1) is 15.7. The summed E-state index contributed by atoms with van der Waals surface area (Å²) in [5.74, 6) is -0.925. The number of carboxylic acids is 1. The Morgan fingerprint density at radius 3 is 2.54 bits per heavy atom. The number of hydrogen-bond acceptors (Lipinski definition) is 3. The minimum absolute atomic E-state index is 0.00517. The van der Waals surface area contributed by atoms with E-state index in [1.54, 1.807) is 6.07 Å². The number of nitrogens with zero attached hydrogens (tertiary/aromatic N) is 1. The summed E-state index contributed by atoms with van der Waals surface area (Å²) in [6, 6.07) is 12.8. The lowest BCUT2D eigenvalue weighted by Gasteiger charge is -2.05. The molecule has 0 saturated heterocycles. The normalized spacial score (nSPS) is 10.9. The van der Waals surface area contributed by atoms with E-state index in [4.69, 9.17) is 5.11 Å². The number of H-pyrrole nitrogens is 1. The van der Waals surface area contributed by atoms with Gasteiger partial charge in [0.05, 0.1) is 15.8 Å². The lowest BCUT2D eigenvalue weighted by Crippen LogP contribution is -1.99. The van der Waals surface area contributed by atoms with Crippen molar-refractivity contribution >= 4 is 22.6 Å². The van der Waals surface area contributed by atoms with Crippen molar-refractivity contribution in [2.75, 3.05) is 0 Å². The predicted molar refractivity (Wildman–Crippen MR) is 91.1 cm³/mol. The molecule has 6 heteroatoms. The Morgan fingerprint density at radius 2 is 1.92 bits per heavy atom. The van der Waals surface area contributed by atoms with Crippen molar-refractivity contribution in [2.24, 2.45) is 0 Å². The van der Waals surface area contributed by atoms with Gasteiger partial charge in [-0.2, -0.15) is 0 Å². The number of benzene rings is 2. The smallest absolute Gasteiger partial charge is 0.303 e. The van der Waals surface area contributed by atoms with Crippen LogP contribution in [0.3, 0.4) is 0 Å². The van der Waals surface area contributed by atoms with Gasteiger partial charge in [-0.15, -0.1) is 0 Å². The molecule has 0 spiro atoms. The molecular formula is C18H16N2O4. The number of nitro benzene ring substituents is 1. The van der Waals surface area contributed by atoms with Crippen molar-refractivity contribution in [3.8, 4) is 11.1 Å². The van der Waals surface area contributed by atoms with E-state index in [0.717, 1.165) is 16.8 Å². The van der Waals surface area contributed by atoms with Gasteiger partial charge in [0.25, 0.3) is 5.69 Å². The number of nitrogens with one attached hydrogen (secondary N) is 1. The lowest BCUT2D eigenvalue weighted by atomic mass is 9.98. The number of aliphatic carboxylic acids is 1. The monoisotopic (exact) mass is 324 g/mol. The van der Waals surface area contributed by atoms with Crippen LogP contribution in [0.2, 0.25) is 0 Å². The number of carbonyl (C=O) groups is 1. The number of fused-ring (bicyclic) bond motifs is 1. The highest BCUT2D eigenvalue weighted by Crippen LogP contribution is 2.37. The topological polar surface area (TPSA) is 96.2 Å². The summed E-state index contributed by atoms with van der Waals surface area (Å²) in [6.07, 6.45) is 0.181. The van der Waals surface area contributed by atoms with Gasteiger partial charge in [0, 0.05) is 23.7 Å². The number of hydrogen-bond donors (Lipinski definition) is 2. The number of rotatable bonds is 5. The fraction of sp³-hybridized carbons (Fsp3) is 0.167. The zero-order valence-corrected chi connectivity index (χ0v) is 13.1. The van der Waals surface area contributed by atoms with Gasteiger partial charge in [-0.05, 0) is 30.5 Å². The summed E-state index contributed by atoms with van der Waals surface area (Å²) in [5, 5.41) is 20.9. The summed E-state index contributed by atoms with van der Waals surface area (Å²) in [7, 11) is 0. The molecule has 0 unspecified atom stereocenters. The maximum atomic E-state index is 11.4. The number of non-ortho nitro benzene ring substituents is 1. The highest BCUT2D eigenvalue weighted by atomic mass is 16.6. The van der Waals surface area contributed by atoms with E-state index in [1.165, 1.54) is 6.07 Å². The Bertz CT molecular complexity index is 929. The Morgan fingerprint density at radius 1 is 1.21 bits per heavy atom. The maximum Gasteiger partial charge on any atom is 0.303 e. The first-order valence-corrected chi connectivity index (χ1v) is 7.54. The van der Waals surface area contributed by atoms with Crippen molar-refractivity contribution in [3.05, 3.63) is 63.8 Å². The minimum atomic E-state index is -0.925. The molecular weight excluding hydrogens is 308 g/mol. The van der Waals surface area contributed by atoms with Crippen LogP contribution < -0.4 is 0 Å². The number of aromatic amines is 1. The van der Waals surface area contributed by atoms with Crippen LogP contribution in [-0.4, -0.2) is 21.0 Å². The molecule has 0 radical (unpaired) electrons. The molecule has 24 heavy (non-hydrogen) atoms. The second-order valence-electron chi connectivity index (χ2n) is 5.63. The van der Waals surface area contributed by atoms with E-state index in [1.807, 2.05) is 37.3 Å². The molecule has 0 aliphatic heterocycles. The average molecular weight is 324 g/mol. The van der Waals surface area contributed by atoms with Crippen molar-refractivity contribution in [1.82, 2.24) is 4.98 Å². The van der Waals surface area contributed by atoms with Gasteiger partial charge >= 0.3 is 5.97 Å². The lowest BCUT2D eigenvalue weighted by molar-refractivity contribution is -0.383. The third-order valence-corrected chi connectivity index (χ3v) is 4.12. The number of carboxylic acid groups (broad SMARTS) is 1. The molecule has 122 valence electrons. The third-order valence-electron chi connectivity index (χ3n) is 4.12. The van der Waals surface area contributed by atoms with Crippen LogP contribution in [-0.2, 0) is 11.2 Å². The summed E-state index contributed by atoms with van der Waals surface area (Å²) in [6.45, 7) is 1.82. The van der Waals surface area contributed by atoms with Crippen LogP contribution in [0.1, 0.15) is 17.7 Å². The van der Waals surface area contributed by atoms with Crippen LogP contribution in [0.25, 0.3) is 22.0 Å². The molecule has 1 heterocycles. The van der Waals surface area contributed by atoms with E-state index in [-0.39, 0.29) is 18.5 Å². The fourth-order valence-corrected chi connectivity index (χ4v) is 3.03. The van der Waals surface area contributed by atoms with Crippen LogP contribution >= 0.6 is 0 Å². The third kappa shape index (κ3) is 2.74. The SMILES string of the molecule is Cc1[nH]c2c(-c3ccccc3)ccc([N+](=O)[O-])c2c1CCC(=O)O. The number of aryl methyl sites for hydroxylation is 2. The molecule has 3 rings (SSSR count). The summed E-state index contributed by atoms with van der Waals surface area (Å²) in [4.78, 5) is 25.1. The van der Waals surface area contributed by atoms with Crippen LogP contribution in [0.15, 0.2) is 42.5 Å². The largest absolute Gasteiger partial charge is 0.481 e. The number of nitro groups is 1. The highest BCUT2D eigenvalue weighted by Gasteiger charge is 2.22. The van der Waals surface area contributed by atoms with Crippen molar-refractivity contribution in [1.29, 1.82) is 0 Å². The zero-order chi connectivity index (χ0) is 17.3. The highest BCUT2D eigenvalue weighted by molar-refractivity contribution is 6.02. The molecule has 1 aromatic heterocycles. The maximum absolute atomic E-state index is 11.4. The first-order chi connectivity index (χ1) is 11.5. The van der Waals surface area contributed by atoms with Crippen LogP contribution in [0, 0.1) is 17.0 Å². The van der Waals surface area contributed by atoms with Gasteiger partial charge in [-0.3, -0.25) is 14.9 Å². The molecule has 0 saturated carbocycles. The summed E-state index contributed by atoms with van der Waals surface area (Å²) >= 11 is 0. The molecule has 0 bridgehead atoms.